The summed E-state index contributed by atoms with van der Waals surface area (Å²) in [7, 11) is 0. The van der Waals surface area contributed by atoms with E-state index in [1.54, 1.807) is 11.3 Å². The Balaban J connectivity index is 1.10. The molecule has 1 unspecified atom stereocenters. The van der Waals surface area contributed by atoms with E-state index < -0.39 is 0 Å². The molecular weight excluding hydrogens is 518 g/mol. The Bertz CT molecular complexity index is 1330. The molecule has 1 atom stereocenters. The summed E-state index contributed by atoms with van der Waals surface area (Å²) in [6.45, 7) is 11.1. The standard InChI is InChI=1S/C33H43N3O3S/c1-23-25(6-3-8-27(23)32-34-28-11-16-36(19-20-37)22-30(28)40-32)26-7-4-9-29(24(26)2)39-21-5-15-35-17-13-33(14-18-35)12-10-31(33)38/h3-4,6-9,31,37-38H,5,10-22H2,1-2H3. The summed E-state index contributed by atoms with van der Waals surface area (Å²) in [6, 6.07) is 13.0. The third-order valence-corrected chi connectivity index (χ3v) is 10.8. The van der Waals surface area contributed by atoms with Gasteiger partial charge in [0.1, 0.15) is 10.8 Å². The summed E-state index contributed by atoms with van der Waals surface area (Å²) in [5.41, 5.74) is 7.54. The average Bonchev–Trinajstić information content (AvgIpc) is 3.39. The lowest BCUT2D eigenvalue weighted by Gasteiger charge is -2.51. The zero-order valence-electron chi connectivity index (χ0n) is 24.0. The van der Waals surface area contributed by atoms with E-state index in [1.165, 1.54) is 44.8 Å². The molecule has 2 aliphatic heterocycles. The second kappa shape index (κ2) is 11.9. The van der Waals surface area contributed by atoms with Crippen molar-refractivity contribution in [2.45, 2.75) is 65.0 Å². The lowest BCUT2D eigenvalue weighted by Crippen LogP contribution is -2.52. The van der Waals surface area contributed by atoms with Gasteiger partial charge in [0.15, 0.2) is 0 Å². The number of rotatable bonds is 9. The molecule has 7 heteroatoms. The molecule has 0 radical (unpaired) electrons. The number of hydrogen-bond donors (Lipinski definition) is 2. The summed E-state index contributed by atoms with van der Waals surface area (Å²) >= 11 is 1.80. The molecule has 2 aromatic carbocycles. The number of benzene rings is 2. The number of nitrogens with zero attached hydrogens (tertiary/aromatic N) is 3. The van der Waals surface area contributed by atoms with Crippen LogP contribution in [0.15, 0.2) is 36.4 Å². The van der Waals surface area contributed by atoms with Gasteiger partial charge in [0.2, 0.25) is 0 Å². The molecule has 6 nitrogen and oxygen atoms in total. The average molecular weight is 562 g/mol. The van der Waals surface area contributed by atoms with Crippen LogP contribution in [-0.2, 0) is 13.0 Å². The fourth-order valence-corrected chi connectivity index (χ4v) is 8.11. The van der Waals surface area contributed by atoms with Gasteiger partial charge in [-0.1, -0.05) is 30.3 Å². The Kier molecular flexibility index (Phi) is 8.29. The van der Waals surface area contributed by atoms with E-state index in [-0.39, 0.29) is 18.1 Å². The first-order valence-electron chi connectivity index (χ1n) is 15.0. The van der Waals surface area contributed by atoms with Gasteiger partial charge in [-0.2, -0.15) is 0 Å². The number of aromatic nitrogens is 1. The first-order valence-corrected chi connectivity index (χ1v) is 15.8. The lowest BCUT2D eigenvalue weighted by molar-refractivity contribution is -0.0994. The van der Waals surface area contributed by atoms with Gasteiger partial charge in [-0.25, -0.2) is 4.98 Å². The molecule has 0 bridgehead atoms. The highest BCUT2D eigenvalue weighted by atomic mass is 32.1. The van der Waals surface area contributed by atoms with Gasteiger partial charge < -0.3 is 19.8 Å². The Morgan fingerprint density at radius 1 is 0.950 bits per heavy atom. The zero-order chi connectivity index (χ0) is 27.7. The van der Waals surface area contributed by atoms with Crippen LogP contribution in [0, 0.1) is 19.3 Å². The third kappa shape index (κ3) is 5.47. The number of fused-ring (bicyclic) bond motifs is 1. The predicted molar refractivity (Wildman–Crippen MR) is 162 cm³/mol. The van der Waals surface area contributed by atoms with Crippen LogP contribution >= 0.6 is 11.3 Å². The third-order valence-electron chi connectivity index (χ3n) is 9.72. The van der Waals surface area contributed by atoms with E-state index in [4.69, 9.17) is 9.72 Å². The molecular formula is C33H43N3O3S. The number of aliphatic hydroxyl groups is 2. The van der Waals surface area contributed by atoms with Crippen LogP contribution in [0.1, 0.15) is 53.8 Å². The van der Waals surface area contributed by atoms with Crippen LogP contribution in [-0.4, -0.2) is 77.0 Å². The second-order valence-corrected chi connectivity index (χ2v) is 13.1. The molecule has 2 N–H and O–H groups in total. The van der Waals surface area contributed by atoms with Crippen molar-refractivity contribution >= 4 is 11.3 Å². The number of aliphatic hydroxyl groups excluding tert-OH is 2. The molecule has 1 saturated heterocycles. The molecule has 3 aromatic rings. The van der Waals surface area contributed by atoms with Crippen molar-refractivity contribution in [2.24, 2.45) is 5.41 Å². The van der Waals surface area contributed by atoms with E-state index in [2.05, 4.69) is 60.0 Å². The molecule has 214 valence electrons. The van der Waals surface area contributed by atoms with Crippen molar-refractivity contribution in [3.05, 3.63) is 58.1 Å². The van der Waals surface area contributed by atoms with Crippen molar-refractivity contribution in [2.75, 3.05) is 45.9 Å². The number of hydrogen-bond acceptors (Lipinski definition) is 7. The van der Waals surface area contributed by atoms with Crippen molar-refractivity contribution in [1.82, 2.24) is 14.8 Å². The van der Waals surface area contributed by atoms with E-state index in [1.807, 2.05) is 0 Å². The van der Waals surface area contributed by atoms with Crippen LogP contribution in [0.25, 0.3) is 21.7 Å². The van der Waals surface area contributed by atoms with Gasteiger partial charge in [0.25, 0.3) is 0 Å². The normalized spacial score (nSPS) is 20.9. The van der Waals surface area contributed by atoms with Gasteiger partial charge in [0, 0.05) is 43.0 Å². The Hall–Kier alpha value is -2.29. The van der Waals surface area contributed by atoms with Crippen LogP contribution in [0.5, 0.6) is 5.75 Å². The quantitative estimate of drug-likeness (QED) is 0.339. The van der Waals surface area contributed by atoms with E-state index in [9.17, 15) is 10.2 Å². The highest BCUT2D eigenvalue weighted by molar-refractivity contribution is 7.15. The summed E-state index contributed by atoms with van der Waals surface area (Å²) in [5.74, 6) is 0.964. The minimum absolute atomic E-state index is 0.0622. The topological polar surface area (TPSA) is 69.1 Å². The fraction of sp³-hybridized carbons (Fsp3) is 0.545. The maximum atomic E-state index is 10.2. The predicted octanol–water partition coefficient (Wildman–Crippen LogP) is 5.45. The number of likely N-dealkylation sites (tertiary alicyclic amines) is 1. The Morgan fingerprint density at radius 2 is 1.70 bits per heavy atom. The first-order chi connectivity index (χ1) is 19.5. The molecule has 1 aromatic heterocycles. The van der Waals surface area contributed by atoms with Crippen molar-refractivity contribution < 1.29 is 14.9 Å². The molecule has 6 rings (SSSR count). The van der Waals surface area contributed by atoms with Gasteiger partial charge in [-0.3, -0.25) is 4.90 Å². The zero-order valence-corrected chi connectivity index (χ0v) is 24.8. The van der Waals surface area contributed by atoms with E-state index >= 15 is 0 Å². The van der Waals surface area contributed by atoms with Gasteiger partial charge >= 0.3 is 0 Å². The first kappa shape index (κ1) is 27.9. The van der Waals surface area contributed by atoms with Crippen LogP contribution in [0.4, 0.5) is 0 Å². The fourth-order valence-electron chi connectivity index (χ4n) is 6.87. The van der Waals surface area contributed by atoms with E-state index in [0.717, 1.165) is 82.1 Å². The highest BCUT2D eigenvalue weighted by Gasteiger charge is 2.47. The number of thiazole rings is 1. The van der Waals surface area contributed by atoms with Crippen molar-refractivity contribution in [3.8, 4) is 27.4 Å². The van der Waals surface area contributed by atoms with Crippen molar-refractivity contribution in [3.63, 3.8) is 0 Å². The maximum absolute atomic E-state index is 10.2. The molecule has 1 aliphatic carbocycles. The second-order valence-electron chi connectivity index (χ2n) is 12.0. The monoisotopic (exact) mass is 561 g/mol. The highest BCUT2D eigenvalue weighted by Crippen LogP contribution is 2.49. The van der Waals surface area contributed by atoms with Crippen LogP contribution in [0.2, 0.25) is 0 Å². The molecule has 40 heavy (non-hydrogen) atoms. The molecule has 3 heterocycles. The number of piperidine rings is 1. The largest absolute Gasteiger partial charge is 0.493 e. The molecule has 1 spiro atoms. The minimum atomic E-state index is -0.0622. The van der Waals surface area contributed by atoms with Crippen molar-refractivity contribution in [1.29, 1.82) is 0 Å². The number of β-amino-alcohol motifs (C(OH)–C–C–N with tert-alkyl or cyclic N) is 1. The van der Waals surface area contributed by atoms with Gasteiger partial charge in [-0.05, 0) is 92.8 Å². The summed E-state index contributed by atoms with van der Waals surface area (Å²) in [4.78, 5) is 11.2. The lowest BCUT2D eigenvalue weighted by atomic mass is 9.61. The minimum Gasteiger partial charge on any atom is -0.493 e. The van der Waals surface area contributed by atoms with Crippen LogP contribution < -0.4 is 4.74 Å². The molecule has 3 aliphatic rings. The summed E-state index contributed by atoms with van der Waals surface area (Å²) in [6.07, 6.45) is 6.38. The van der Waals surface area contributed by atoms with E-state index in [0.29, 0.717) is 6.61 Å². The maximum Gasteiger partial charge on any atom is 0.124 e. The number of ether oxygens (including phenoxy) is 1. The van der Waals surface area contributed by atoms with Crippen LogP contribution in [0.3, 0.4) is 0 Å². The smallest absolute Gasteiger partial charge is 0.124 e. The Morgan fingerprint density at radius 3 is 2.42 bits per heavy atom. The van der Waals surface area contributed by atoms with Gasteiger partial charge in [-0.15, -0.1) is 11.3 Å². The molecule has 2 fully saturated rings. The molecule has 0 amide bonds. The summed E-state index contributed by atoms with van der Waals surface area (Å²) in [5, 5.41) is 20.6. The van der Waals surface area contributed by atoms with Gasteiger partial charge in [0.05, 0.1) is 25.0 Å². The SMILES string of the molecule is Cc1c(OCCCN2CCC3(CCC3O)CC2)cccc1-c1cccc(-c2nc3c(s2)CN(CCO)CC3)c1C. The Labute approximate surface area is 242 Å². The summed E-state index contributed by atoms with van der Waals surface area (Å²) < 4.78 is 6.32. The molecule has 1 saturated carbocycles.